The van der Waals surface area contributed by atoms with Crippen molar-refractivity contribution in [2.45, 2.75) is 12.5 Å². The van der Waals surface area contributed by atoms with Crippen molar-refractivity contribution in [2.75, 3.05) is 6.54 Å². The fraction of sp³-hybridized carbons (Fsp3) is 0.130. The zero-order valence-corrected chi connectivity index (χ0v) is 17.2. The van der Waals surface area contributed by atoms with Gasteiger partial charge in [0.25, 0.3) is 5.91 Å². The number of rotatable bonds is 5. The van der Waals surface area contributed by atoms with Crippen LogP contribution in [0.1, 0.15) is 15.9 Å². The van der Waals surface area contributed by atoms with Crippen LogP contribution in [0.4, 0.5) is 0 Å². The van der Waals surface area contributed by atoms with E-state index in [0.29, 0.717) is 35.1 Å². The first-order chi connectivity index (χ1) is 15.2. The maximum Gasteiger partial charge on any atom is 0.253 e. The van der Waals surface area contributed by atoms with Crippen LogP contribution in [-0.2, 0) is 6.42 Å². The fourth-order valence-electron chi connectivity index (χ4n) is 3.69. The van der Waals surface area contributed by atoms with Gasteiger partial charge >= 0.3 is 0 Å². The highest BCUT2D eigenvalue weighted by molar-refractivity contribution is 6.31. The molecule has 31 heavy (non-hydrogen) atoms. The van der Waals surface area contributed by atoms with E-state index >= 15 is 0 Å². The summed E-state index contributed by atoms with van der Waals surface area (Å²) in [5.74, 6) is 1.08. The molecule has 0 bridgehead atoms. The zero-order valence-electron chi connectivity index (χ0n) is 16.4. The van der Waals surface area contributed by atoms with Gasteiger partial charge in [0.2, 0.25) is 0 Å². The number of carbonyl (C=O) groups is 1. The molecule has 1 unspecified atom stereocenters. The van der Waals surface area contributed by atoms with Crippen LogP contribution in [0.25, 0.3) is 17.1 Å². The molecular formula is C23H18ClN5O2. The summed E-state index contributed by atoms with van der Waals surface area (Å²) >= 11 is 6.31. The molecule has 0 saturated heterocycles. The zero-order chi connectivity index (χ0) is 21.2. The number of benzene rings is 2. The van der Waals surface area contributed by atoms with E-state index in [-0.39, 0.29) is 12.0 Å². The minimum absolute atomic E-state index is 0.185. The Labute approximate surface area is 183 Å². The number of carbonyl (C=O) groups excluding carboxylic acids is 1. The second-order valence-corrected chi connectivity index (χ2v) is 7.57. The fourth-order valence-corrected chi connectivity index (χ4v) is 3.93. The third-order valence-electron chi connectivity index (χ3n) is 5.06. The van der Waals surface area contributed by atoms with Crippen LogP contribution in [0.5, 0.6) is 5.75 Å². The average molecular weight is 432 g/mol. The van der Waals surface area contributed by atoms with Crippen LogP contribution in [0.3, 0.4) is 0 Å². The molecule has 5 rings (SSSR count). The summed E-state index contributed by atoms with van der Waals surface area (Å²) in [5.41, 5.74) is 2.99. The average Bonchev–Trinajstić information content (AvgIpc) is 3.47. The largest absolute Gasteiger partial charge is 0.487 e. The highest BCUT2D eigenvalue weighted by atomic mass is 35.5. The van der Waals surface area contributed by atoms with Gasteiger partial charge in [-0.3, -0.25) is 4.79 Å². The molecule has 3 heterocycles. The van der Waals surface area contributed by atoms with E-state index < -0.39 is 0 Å². The predicted octanol–water partition coefficient (Wildman–Crippen LogP) is 3.72. The van der Waals surface area contributed by atoms with Crippen LogP contribution in [0, 0.1) is 0 Å². The van der Waals surface area contributed by atoms with Crippen molar-refractivity contribution in [2.24, 2.45) is 0 Å². The van der Waals surface area contributed by atoms with Gasteiger partial charge in [-0.15, -0.1) is 0 Å². The monoisotopic (exact) mass is 431 g/mol. The molecule has 1 atom stereocenters. The molecular weight excluding hydrogens is 414 g/mol. The predicted molar refractivity (Wildman–Crippen MR) is 116 cm³/mol. The normalized spacial score (nSPS) is 14.7. The number of ether oxygens (including phenoxy) is 1. The molecule has 1 aliphatic heterocycles. The van der Waals surface area contributed by atoms with Crippen LogP contribution in [-0.4, -0.2) is 38.3 Å². The summed E-state index contributed by atoms with van der Waals surface area (Å²) in [7, 11) is 0. The number of hydrogen-bond acceptors (Lipinski definition) is 5. The van der Waals surface area contributed by atoms with Gasteiger partial charge in [-0.05, 0) is 36.4 Å². The van der Waals surface area contributed by atoms with Crippen molar-refractivity contribution in [1.82, 2.24) is 25.1 Å². The van der Waals surface area contributed by atoms with Gasteiger partial charge in [0.1, 0.15) is 11.9 Å². The molecule has 1 N–H and O–H groups in total. The van der Waals surface area contributed by atoms with E-state index in [9.17, 15) is 4.79 Å². The molecule has 1 aliphatic rings. The molecule has 1 amide bonds. The van der Waals surface area contributed by atoms with Crippen LogP contribution in [0.2, 0.25) is 5.02 Å². The Morgan fingerprint density at radius 3 is 2.77 bits per heavy atom. The first-order valence-corrected chi connectivity index (χ1v) is 10.2. The summed E-state index contributed by atoms with van der Waals surface area (Å²) in [5, 5.41) is 7.81. The van der Waals surface area contributed by atoms with Gasteiger partial charge in [0.05, 0.1) is 23.4 Å². The minimum Gasteiger partial charge on any atom is -0.487 e. The first kappa shape index (κ1) is 19.3. The maximum absolute atomic E-state index is 12.9. The van der Waals surface area contributed by atoms with Gasteiger partial charge in [-0.1, -0.05) is 23.7 Å². The van der Waals surface area contributed by atoms with Gasteiger partial charge in [0, 0.05) is 41.8 Å². The molecule has 8 heteroatoms. The molecule has 2 aromatic carbocycles. The second-order valence-electron chi connectivity index (χ2n) is 7.14. The Morgan fingerprint density at radius 1 is 1.13 bits per heavy atom. The SMILES string of the molecule is O=C(NCC1Cc2cc(Cl)cc(-c3ncccn3)c2O1)c1ccccc1-n1cccn1. The van der Waals surface area contributed by atoms with Crippen molar-refractivity contribution in [3.63, 3.8) is 0 Å². The number of aromatic nitrogens is 4. The molecule has 4 aromatic rings. The molecule has 154 valence electrons. The number of nitrogens with one attached hydrogen (secondary N) is 1. The van der Waals surface area contributed by atoms with E-state index in [0.717, 1.165) is 16.8 Å². The third-order valence-corrected chi connectivity index (χ3v) is 5.28. The Kier molecular flexibility index (Phi) is 5.09. The smallest absolute Gasteiger partial charge is 0.253 e. The van der Waals surface area contributed by atoms with E-state index in [1.165, 1.54) is 0 Å². The van der Waals surface area contributed by atoms with Crippen molar-refractivity contribution in [3.05, 3.63) is 89.5 Å². The van der Waals surface area contributed by atoms with E-state index in [1.807, 2.05) is 30.3 Å². The number of amides is 1. The lowest BCUT2D eigenvalue weighted by atomic mass is 10.1. The highest BCUT2D eigenvalue weighted by Crippen LogP contribution is 2.39. The molecule has 2 aromatic heterocycles. The van der Waals surface area contributed by atoms with Gasteiger partial charge in [-0.2, -0.15) is 5.10 Å². The summed E-state index contributed by atoms with van der Waals surface area (Å²) in [6, 6.07) is 14.6. The number of fused-ring (bicyclic) bond motifs is 1. The highest BCUT2D eigenvalue weighted by Gasteiger charge is 2.28. The lowest BCUT2D eigenvalue weighted by molar-refractivity contribution is 0.0933. The van der Waals surface area contributed by atoms with Crippen molar-refractivity contribution in [3.8, 4) is 22.8 Å². The van der Waals surface area contributed by atoms with Crippen molar-refractivity contribution >= 4 is 17.5 Å². The summed E-state index contributed by atoms with van der Waals surface area (Å²) < 4.78 is 7.84. The number of para-hydroxylation sites is 1. The standard InChI is InChI=1S/C23H18ClN5O2/c24-16-11-15-12-17(31-21(15)19(13-16)22-25-7-3-8-26-22)14-27-23(30)18-5-1-2-6-20(18)29-10-4-9-28-29/h1-11,13,17H,12,14H2,(H,27,30). The van der Waals surface area contributed by atoms with Gasteiger partial charge in [-0.25, -0.2) is 14.6 Å². The Balaban J connectivity index is 1.32. The Hall–Kier alpha value is -3.71. The van der Waals surface area contributed by atoms with Gasteiger partial charge < -0.3 is 10.1 Å². The van der Waals surface area contributed by atoms with Gasteiger partial charge in [0.15, 0.2) is 5.82 Å². The number of hydrogen-bond donors (Lipinski definition) is 1. The quantitative estimate of drug-likeness (QED) is 0.521. The molecule has 0 radical (unpaired) electrons. The lowest BCUT2D eigenvalue weighted by Crippen LogP contribution is -2.35. The Bertz CT molecular complexity index is 1230. The summed E-state index contributed by atoms with van der Waals surface area (Å²) in [6.07, 6.45) is 7.27. The van der Waals surface area contributed by atoms with Crippen LogP contribution < -0.4 is 10.1 Å². The molecule has 0 fully saturated rings. The van der Waals surface area contributed by atoms with Crippen LogP contribution in [0.15, 0.2) is 73.3 Å². The second kappa shape index (κ2) is 8.20. The topological polar surface area (TPSA) is 81.9 Å². The number of nitrogens with zero attached hydrogens (tertiary/aromatic N) is 4. The molecule has 0 aliphatic carbocycles. The molecule has 0 saturated carbocycles. The minimum atomic E-state index is -0.211. The maximum atomic E-state index is 12.9. The van der Waals surface area contributed by atoms with Crippen molar-refractivity contribution in [1.29, 1.82) is 0 Å². The lowest BCUT2D eigenvalue weighted by Gasteiger charge is -2.14. The first-order valence-electron chi connectivity index (χ1n) is 9.83. The van der Waals surface area contributed by atoms with Crippen LogP contribution >= 0.6 is 11.6 Å². The third kappa shape index (κ3) is 3.87. The van der Waals surface area contributed by atoms with Crippen molar-refractivity contribution < 1.29 is 9.53 Å². The molecule has 7 nitrogen and oxygen atoms in total. The van der Waals surface area contributed by atoms with E-state index in [4.69, 9.17) is 16.3 Å². The van der Waals surface area contributed by atoms with E-state index in [2.05, 4.69) is 20.4 Å². The van der Waals surface area contributed by atoms with E-state index in [1.54, 1.807) is 47.7 Å². The Morgan fingerprint density at radius 2 is 1.97 bits per heavy atom. The molecule has 0 spiro atoms. The summed E-state index contributed by atoms with van der Waals surface area (Å²) in [6.45, 7) is 0.355. The summed E-state index contributed by atoms with van der Waals surface area (Å²) in [4.78, 5) is 21.5. The number of halogens is 1.